The highest BCUT2D eigenvalue weighted by atomic mass is 32.2. The second-order valence-electron chi connectivity index (χ2n) is 9.60. The molecule has 2 aromatic rings. The molecule has 3 N–H and O–H groups in total. The van der Waals surface area contributed by atoms with Gasteiger partial charge in [0.2, 0.25) is 0 Å². The molecule has 3 rings (SSSR count). The molecule has 0 bridgehead atoms. The second-order valence-corrected chi connectivity index (χ2v) is 11.1. The molecule has 0 unspecified atom stereocenters. The molecule has 2 amide bonds. The van der Waals surface area contributed by atoms with Crippen molar-refractivity contribution in [2.45, 2.75) is 33.7 Å². The molecule has 1 atom stereocenters. The van der Waals surface area contributed by atoms with E-state index in [2.05, 4.69) is 15.0 Å². The van der Waals surface area contributed by atoms with Crippen LogP contribution < -0.4 is 10.6 Å². The highest BCUT2D eigenvalue weighted by Gasteiger charge is 2.40. The van der Waals surface area contributed by atoms with Gasteiger partial charge in [-0.15, -0.1) is 4.40 Å². The summed E-state index contributed by atoms with van der Waals surface area (Å²) in [7, 11) is 1.54. The van der Waals surface area contributed by atoms with E-state index < -0.39 is 38.5 Å². The van der Waals surface area contributed by atoms with E-state index in [1.165, 1.54) is 37.2 Å². The zero-order chi connectivity index (χ0) is 27.8. The lowest BCUT2D eigenvalue weighted by molar-refractivity contribution is -0.124. The first-order valence-corrected chi connectivity index (χ1v) is 13.0. The van der Waals surface area contributed by atoms with Crippen molar-refractivity contribution in [2.24, 2.45) is 10.3 Å². The number of aromatic hydroxyl groups is 1. The molecule has 0 saturated heterocycles. The summed E-state index contributed by atoms with van der Waals surface area (Å²) in [5, 5.41) is 16.8. The fraction of sp³-hybridized carbons (Fsp3) is 0.400. The molecule has 37 heavy (non-hydrogen) atoms. The number of amidine groups is 1. The molecule has 1 aromatic heterocycles. The number of carbonyl (C=O) groups excluding carboxylic acids is 2. The lowest BCUT2D eigenvalue weighted by Crippen LogP contribution is -2.35. The van der Waals surface area contributed by atoms with Crippen LogP contribution in [0.1, 0.15) is 47.3 Å². The van der Waals surface area contributed by atoms with Gasteiger partial charge in [0.25, 0.3) is 21.8 Å². The van der Waals surface area contributed by atoms with E-state index in [-0.39, 0.29) is 28.7 Å². The van der Waals surface area contributed by atoms with Gasteiger partial charge in [-0.3, -0.25) is 9.59 Å². The van der Waals surface area contributed by atoms with Crippen LogP contribution in [0.4, 0.5) is 5.69 Å². The number of phenolic OH excluding ortho intramolecular Hbond substituents is 1. The first-order valence-electron chi connectivity index (χ1n) is 11.6. The van der Waals surface area contributed by atoms with E-state index >= 15 is 0 Å². The monoisotopic (exact) mass is 531 g/mol. The number of aryl methyl sites for hydroxylation is 2. The maximum absolute atomic E-state index is 13.1. The number of likely N-dealkylation sites (N-methyl/N-ethyl adjacent to an activating group) is 1. The first-order chi connectivity index (χ1) is 17.2. The highest BCUT2D eigenvalue weighted by molar-refractivity contribution is 7.95. The van der Waals surface area contributed by atoms with Crippen LogP contribution in [-0.2, 0) is 14.8 Å². The summed E-state index contributed by atoms with van der Waals surface area (Å²) in [6.45, 7) is 7.60. The lowest BCUT2D eigenvalue weighted by Gasteiger charge is -2.23. The van der Waals surface area contributed by atoms with Gasteiger partial charge < -0.3 is 30.0 Å². The number of para-hydroxylation sites is 1. The largest absolute Gasteiger partial charge is 0.505 e. The number of nitrogens with zero attached hydrogens (tertiary/aromatic N) is 3. The van der Waals surface area contributed by atoms with Crippen LogP contribution in [0.15, 0.2) is 43.7 Å². The molecule has 200 valence electrons. The van der Waals surface area contributed by atoms with Crippen LogP contribution in [0.3, 0.4) is 0 Å². The third-order valence-corrected chi connectivity index (χ3v) is 7.23. The Kier molecular flexibility index (Phi) is 7.72. The van der Waals surface area contributed by atoms with Crippen molar-refractivity contribution in [3.63, 3.8) is 0 Å². The first kappa shape index (κ1) is 27.8. The number of furan rings is 1. The minimum atomic E-state index is -4.40. The molecule has 0 aliphatic carbocycles. The number of rotatable bonds is 7. The van der Waals surface area contributed by atoms with E-state index in [1.807, 2.05) is 33.8 Å². The summed E-state index contributed by atoms with van der Waals surface area (Å²) in [5.74, 6) is -0.500. The quantitative estimate of drug-likeness (QED) is 0.463. The Morgan fingerprint density at radius 2 is 1.68 bits per heavy atom. The van der Waals surface area contributed by atoms with E-state index in [4.69, 9.17) is 4.42 Å². The molecule has 1 aromatic carbocycles. The Balaban J connectivity index is 2.15. The molecule has 2 heterocycles. The Hall–Kier alpha value is -3.80. The standard InChI is InChI=1S/C25H33N5O6S/c1-13(2)19(18-12-14(3)15(4)36-18)27-23-20(22(25(33)30(7)8)37(34,35)28-23)26-17-11-9-10-16(21(17)31)24(32)29(5)6/h9-13,19,26,31H,1-8H3,(H,27,28)/t19-/m1/s1. The van der Waals surface area contributed by atoms with Crippen LogP contribution in [0.5, 0.6) is 5.75 Å². The van der Waals surface area contributed by atoms with Gasteiger partial charge >= 0.3 is 0 Å². The van der Waals surface area contributed by atoms with Gasteiger partial charge in [0.1, 0.15) is 17.2 Å². The fourth-order valence-corrected chi connectivity index (χ4v) is 5.03. The Bertz CT molecular complexity index is 1380. The van der Waals surface area contributed by atoms with Crippen LogP contribution in [-0.4, -0.2) is 69.2 Å². The summed E-state index contributed by atoms with van der Waals surface area (Å²) < 4.78 is 35.9. The smallest absolute Gasteiger partial charge is 0.292 e. The zero-order valence-corrected chi connectivity index (χ0v) is 23.0. The second kappa shape index (κ2) is 10.3. The van der Waals surface area contributed by atoms with Crippen LogP contribution in [0, 0.1) is 19.8 Å². The number of anilines is 1. The third kappa shape index (κ3) is 5.48. The summed E-state index contributed by atoms with van der Waals surface area (Å²) in [6.07, 6.45) is 0. The number of sulfonamides is 1. The number of carbonyl (C=O) groups is 2. The normalized spacial score (nSPS) is 15.4. The molecule has 0 saturated carbocycles. The highest BCUT2D eigenvalue weighted by Crippen LogP contribution is 2.34. The van der Waals surface area contributed by atoms with Gasteiger partial charge in [0, 0.05) is 28.2 Å². The maximum Gasteiger partial charge on any atom is 0.292 e. The van der Waals surface area contributed by atoms with Crippen LogP contribution >= 0.6 is 0 Å². The van der Waals surface area contributed by atoms with Gasteiger partial charge in [-0.25, -0.2) is 0 Å². The molecular formula is C25H33N5O6S. The predicted molar refractivity (Wildman–Crippen MR) is 141 cm³/mol. The van der Waals surface area contributed by atoms with Crippen LogP contribution in [0.2, 0.25) is 0 Å². The number of hydrogen-bond donors (Lipinski definition) is 3. The molecule has 12 heteroatoms. The third-order valence-electron chi connectivity index (χ3n) is 5.92. The lowest BCUT2D eigenvalue weighted by atomic mass is 10.0. The summed E-state index contributed by atoms with van der Waals surface area (Å²) in [6, 6.07) is 5.82. The van der Waals surface area contributed by atoms with E-state index in [9.17, 15) is 23.1 Å². The molecule has 0 fully saturated rings. The van der Waals surface area contributed by atoms with Gasteiger partial charge in [0.05, 0.1) is 17.3 Å². The van der Waals surface area contributed by atoms with Gasteiger partial charge in [-0.1, -0.05) is 19.9 Å². The minimum absolute atomic E-state index is 0.00461. The van der Waals surface area contributed by atoms with Crippen molar-refractivity contribution in [2.75, 3.05) is 33.5 Å². The Labute approximate surface area is 216 Å². The van der Waals surface area contributed by atoms with Crippen molar-refractivity contribution in [3.05, 3.63) is 57.5 Å². The summed E-state index contributed by atoms with van der Waals surface area (Å²) in [4.78, 5) is 27.4. The zero-order valence-electron chi connectivity index (χ0n) is 22.2. The Morgan fingerprint density at radius 3 is 2.19 bits per heavy atom. The Morgan fingerprint density at radius 1 is 1.05 bits per heavy atom. The summed E-state index contributed by atoms with van der Waals surface area (Å²) in [5.41, 5.74) is 0.830. The van der Waals surface area contributed by atoms with Gasteiger partial charge in [-0.2, -0.15) is 8.42 Å². The van der Waals surface area contributed by atoms with E-state index in [0.29, 0.717) is 5.76 Å². The van der Waals surface area contributed by atoms with Gasteiger partial charge in [-0.05, 0) is 43.5 Å². The fourth-order valence-electron chi connectivity index (χ4n) is 3.74. The SMILES string of the molecule is Cc1cc([C@H](NC2=NS(=O)(=O)C(C(=O)N(C)C)=C2Nc2cccc(C(=O)N(C)C)c2O)C(C)C)oc1C. The molecule has 0 spiro atoms. The molecular weight excluding hydrogens is 498 g/mol. The van der Waals surface area contributed by atoms with E-state index in [0.717, 1.165) is 16.2 Å². The number of nitrogens with one attached hydrogen (secondary N) is 2. The molecule has 1 aliphatic heterocycles. The van der Waals surface area contributed by atoms with Crippen molar-refractivity contribution >= 4 is 33.4 Å². The van der Waals surface area contributed by atoms with Crippen molar-refractivity contribution < 1.29 is 27.5 Å². The number of phenols is 1. The minimum Gasteiger partial charge on any atom is -0.505 e. The van der Waals surface area contributed by atoms with Crippen molar-refractivity contribution in [3.8, 4) is 5.75 Å². The molecule has 1 aliphatic rings. The average molecular weight is 532 g/mol. The predicted octanol–water partition coefficient (Wildman–Crippen LogP) is 2.74. The summed E-state index contributed by atoms with van der Waals surface area (Å²) >= 11 is 0. The van der Waals surface area contributed by atoms with Crippen LogP contribution in [0.25, 0.3) is 0 Å². The number of hydrogen-bond acceptors (Lipinski definition) is 8. The van der Waals surface area contributed by atoms with E-state index in [1.54, 1.807) is 14.1 Å². The molecule has 11 nitrogen and oxygen atoms in total. The van der Waals surface area contributed by atoms with Crippen molar-refractivity contribution in [1.29, 1.82) is 0 Å². The van der Waals surface area contributed by atoms with Crippen molar-refractivity contribution in [1.82, 2.24) is 15.1 Å². The number of amides is 2. The maximum atomic E-state index is 13.1. The average Bonchev–Trinajstić information content (AvgIpc) is 3.26. The molecule has 0 radical (unpaired) electrons. The topological polar surface area (TPSA) is 145 Å². The number of benzene rings is 1. The van der Waals surface area contributed by atoms with Gasteiger partial charge in [0.15, 0.2) is 16.5 Å².